The molecule has 4 nitrogen and oxygen atoms in total. The molecule has 1 aromatic carbocycles. The average Bonchev–Trinajstić information content (AvgIpc) is 2.81. The Bertz CT molecular complexity index is 482. The maximum atomic E-state index is 5.44. The fourth-order valence-electron chi connectivity index (χ4n) is 2.01. The molecule has 17 heavy (non-hydrogen) atoms. The summed E-state index contributed by atoms with van der Waals surface area (Å²) < 4.78 is 7.34. The van der Waals surface area contributed by atoms with Gasteiger partial charge in [0.15, 0.2) is 0 Å². The zero-order valence-corrected chi connectivity index (χ0v) is 11.4. The summed E-state index contributed by atoms with van der Waals surface area (Å²) in [4.78, 5) is 3.99. The number of rotatable bonds is 4. The van der Waals surface area contributed by atoms with Gasteiger partial charge in [0, 0.05) is 6.17 Å². The van der Waals surface area contributed by atoms with Crippen LogP contribution < -0.4 is 9.92 Å². The molecule has 0 bridgehead atoms. The van der Waals surface area contributed by atoms with Crippen LogP contribution in [0.5, 0.6) is 5.75 Å². The number of benzene rings is 1. The van der Waals surface area contributed by atoms with E-state index in [1.165, 1.54) is 5.19 Å². The van der Waals surface area contributed by atoms with Crippen molar-refractivity contribution in [2.75, 3.05) is 7.11 Å². The number of para-hydroxylation sites is 1. The third-order valence-corrected chi connectivity index (χ3v) is 5.85. The Morgan fingerprint density at radius 3 is 2.71 bits per heavy atom. The van der Waals surface area contributed by atoms with Gasteiger partial charge in [0.2, 0.25) is 0 Å². The van der Waals surface area contributed by atoms with Crippen molar-refractivity contribution in [1.29, 1.82) is 0 Å². The molecule has 5 heteroatoms. The predicted octanol–water partition coefficient (Wildman–Crippen LogP) is 1.44. The van der Waals surface area contributed by atoms with E-state index in [-0.39, 0.29) is 0 Å². The third-order valence-electron chi connectivity index (χ3n) is 2.86. The van der Waals surface area contributed by atoms with E-state index in [0.717, 1.165) is 11.9 Å². The van der Waals surface area contributed by atoms with Crippen molar-refractivity contribution in [1.82, 2.24) is 14.8 Å². The van der Waals surface area contributed by atoms with Crippen LogP contribution >= 0.6 is 0 Å². The van der Waals surface area contributed by atoms with Crippen LogP contribution in [-0.4, -0.2) is 29.9 Å². The van der Waals surface area contributed by atoms with E-state index < -0.39 is 8.07 Å². The van der Waals surface area contributed by atoms with Crippen LogP contribution in [0.4, 0.5) is 0 Å². The fraction of sp³-hybridized carbons (Fsp3) is 0.333. The lowest BCUT2D eigenvalue weighted by molar-refractivity contribution is 0.417. The third kappa shape index (κ3) is 2.55. The first-order chi connectivity index (χ1) is 8.13. The Morgan fingerprint density at radius 2 is 2.06 bits per heavy atom. The van der Waals surface area contributed by atoms with Crippen LogP contribution in [0.2, 0.25) is 13.1 Å². The molecule has 0 fully saturated rings. The van der Waals surface area contributed by atoms with Crippen LogP contribution in [0.3, 0.4) is 0 Å². The largest absolute Gasteiger partial charge is 0.497 e. The number of methoxy groups -OCH3 is 1. The summed E-state index contributed by atoms with van der Waals surface area (Å²) in [5, 5.41) is 5.50. The molecule has 0 N–H and O–H groups in total. The smallest absolute Gasteiger partial charge is 0.137 e. The van der Waals surface area contributed by atoms with Crippen molar-refractivity contribution < 1.29 is 4.74 Å². The van der Waals surface area contributed by atoms with Crippen LogP contribution in [0.25, 0.3) is 0 Å². The second-order valence-corrected chi connectivity index (χ2v) is 9.30. The number of nitrogens with zero attached hydrogens (tertiary/aromatic N) is 3. The van der Waals surface area contributed by atoms with Crippen molar-refractivity contribution in [2.45, 2.75) is 19.3 Å². The minimum atomic E-state index is -1.61. The van der Waals surface area contributed by atoms with Gasteiger partial charge in [-0.25, -0.2) is 4.98 Å². The van der Waals surface area contributed by atoms with Gasteiger partial charge in [0.05, 0.1) is 7.11 Å². The number of ether oxygens (including phenoxy) is 1. The molecule has 0 spiro atoms. The molecule has 0 aliphatic heterocycles. The van der Waals surface area contributed by atoms with Gasteiger partial charge < -0.3 is 4.74 Å². The van der Waals surface area contributed by atoms with E-state index in [0.29, 0.717) is 0 Å². The van der Waals surface area contributed by atoms with Gasteiger partial charge in [-0.15, -0.1) is 0 Å². The monoisotopic (exact) mass is 247 g/mol. The Balaban J connectivity index is 2.30. The zero-order valence-electron chi connectivity index (χ0n) is 10.4. The molecule has 0 saturated heterocycles. The van der Waals surface area contributed by atoms with Gasteiger partial charge in [-0.05, 0) is 11.3 Å². The molecule has 0 atom stereocenters. The van der Waals surface area contributed by atoms with Gasteiger partial charge >= 0.3 is 0 Å². The van der Waals surface area contributed by atoms with E-state index in [4.69, 9.17) is 4.74 Å². The average molecular weight is 247 g/mol. The zero-order chi connectivity index (χ0) is 12.3. The van der Waals surface area contributed by atoms with E-state index in [2.05, 4.69) is 35.3 Å². The first-order valence-corrected chi connectivity index (χ1v) is 8.80. The van der Waals surface area contributed by atoms with E-state index in [1.807, 2.05) is 16.8 Å². The Labute approximate surface area is 102 Å². The number of aromatic nitrogens is 3. The van der Waals surface area contributed by atoms with Crippen molar-refractivity contribution >= 4 is 13.3 Å². The van der Waals surface area contributed by atoms with Crippen LogP contribution in [0.15, 0.2) is 36.9 Å². The topological polar surface area (TPSA) is 39.9 Å². The second-order valence-electron chi connectivity index (χ2n) is 4.68. The Hall–Kier alpha value is -1.62. The maximum Gasteiger partial charge on any atom is 0.137 e. The quantitative estimate of drug-likeness (QED) is 0.768. The molecule has 0 saturated carbocycles. The maximum absolute atomic E-state index is 5.44. The highest BCUT2D eigenvalue weighted by Gasteiger charge is 2.27. The summed E-state index contributed by atoms with van der Waals surface area (Å²) in [7, 11) is 0.107. The van der Waals surface area contributed by atoms with E-state index in [9.17, 15) is 0 Å². The summed E-state index contributed by atoms with van der Waals surface area (Å²) in [5.74, 6) is 0.976. The van der Waals surface area contributed by atoms with Gasteiger partial charge in [0.1, 0.15) is 26.5 Å². The molecule has 90 valence electrons. The van der Waals surface area contributed by atoms with Gasteiger partial charge in [0.25, 0.3) is 0 Å². The Kier molecular flexibility index (Phi) is 3.28. The molecular weight excluding hydrogens is 230 g/mol. The molecule has 0 aliphatic carbocycles. The van der Waals surface area contributed by atoms with E-state index >= 15 is 0 Å². The molecular formula is C12H17N3OSi. The minimum absolute atomic E-state index is 0.910. The van der Waals surface area contributed by atoms with E-state index in [1.54, 1.807) is 19.8 Å². The summed E-state index contributed by atoms with van der Waals surface area (Å²) in [5.41, 5.74) is 0. The lowest BCUT2D eigenvalue weighted by Crippen LogP contribution is -2.46. The minimum Gasteiger partial charge on any atom is -0.497 e. The van der Waals surface area contributed by atoms with Crippen molar-refractivity contribution in [2.24, 2.45) is 0 Å². The summed E-state index contributed by atoms with van der Waals surface area (Å²) in [6.45, 7) is 4.62. The van der Waals surface area contributed by atoms with Crippen LogP contribution in [0, 0.1) is 0 Å². The molecule has 0 aliphatic rings. The summed E-state index contributed by atoms with van der Waals surface area (Å²) in [6, 6.07) is 8.24. The molecule has 0 radical (unpaired) electrons. The molecule has 1 aromatic heterocycles. The first kappa shape index (κ1) is 11.9. The highest BCUT2D eigenvalue weighted by atomic mass is 28.3. The van der Waals surface area contributed by atoms with Crippen LogP contribution in [0.1, 0.15) is 0 Å². The molecule has 0 unspecified atom stereocenters. The SMILES string of the molecule is COc1ccccc1[Si](C)(C)Cn1cncn1. The van der Waals surface area contributed by atoms with Crippen molar-refractivity contribution in [3.63, 3.8) is 0 Å². The second kappa shape index (κ2) is 4.71. The predicted molar refractivity (Wildman–Crippen MR) is 70.1 cm³/mol. The lowest BCUT2D eigenvalue weighted by Gasteiger charge is -2.24. The number of hydrogen-bond acceptors (Lipinski definition) is 3. The van der Waals surface area contributed by atoms with Crippen LogP contribution in [-0.2, 0) is 6.17 Å². The molecule has 0 amide bonds. The first-order valence-electron chi connectivity index (χ1n) is 5.59. The highest BCUT2D eigenvalue weighted by molar-refractivity contribution is 6.89. The number of hydrogen-bond donors (Lipinski definition) is 0. The van der Waals surface area contributed by atoms with Gasteiger partial charge in [-0.1, -0.05) is 31.3 Å². The van der Waals surface area contributed by atoms with Gasteiger partial charge in [-0.3, -0.25) is 4.68 Å². The molecule has 2 rings (SSSR count). The highest BCUT2D eigenvalue weighted by Crippen LogP contribution is 2.15. The summed E-state index contributed by atoms with van der Waals surface area (Å²) in [6.07, 6.45) is 4.25. The molecule has 1 heterocycles. The normalized spacial score (nSPS) is 11.5. The van der Waals surface area contributed by atoms with Gasteiger partial charge in [-0.2, -0.15) is 5.10 Å². The molecule has 2 aromatic rings. The van der Waals surface area contributed by atoms with Crippen molar-refractivity contribution in [3.05, 3.63) is 36.9 Å². The Morgan fingerprint density at radius 1 is 1.29 bits per heavy atom. The standard InChI is InChI=1S/C12H17N3OSi/c1-16-11-6-4-5-7-12(11)17(2,3)10-15-9-13-8-14-15/h4-9H,10H2,1-3H3. The van der Waals surface area contributed by atoms with Crippen molar-refractivity contribution in [3.8, 4) is 5.75 Å². The summed E-state index contributed by atoms with van der Waals surface area (Å²) >= 11 is 0. The lowest BCUT2D eigenvalue weighted by atomic mass is 10.3. The fourth-order valence-corrected chi connectivity index (χ4v) is 4.55.